The standard InChI is InChI=1S/C35H58O/c1-22-27-18-16-26(31-15-7-11-24-9-3-5-13-29(24)31)21-34(27)35(36)32-19-17-25(20-33(22)32)30-14-6-10-23-8-2-4-12-28(23)30/h22-36H,2-21H2,1H3/t22?,23?,24?,25?,26?,27?,28?,29?,30?,31?,32?,33-,34?,35?/m1/s1. The zero-order chi connectivity index (χ0) is 24.2. The van der Waals surface area contributed by atoms with E-state index < -0.39 is 0 Å². The molecule has 36 heavy (non-hydrogen) atoms. The minimum Gasteiger partial charge on any atom is -0.393 e. The van der Waals surface area contributed by atoms with Crippen molar-refractivity contribution >= 4 is 0 Å². The van der Waals surface area contributed by atoms with E-state index in [2.05, 4.69) is 6.92 Å². The van der Waals surface area contributed by atoms with Gasteiger partial charge in [-0.3, -0.25) is 0 Å². The second kappa shape index (κ2) is 10.5. The molecule has 7 aliphatic rings. The summed E-state index contributed by atoms with van der Waals surface area (Å²) in [5, 5.41) is 11.9. The Bertz CT molecular complexity index is 679. The average Bonchev–Trinajstić information content (AvgIpc) is 2.95. The quantitative estimate of drug-likeness (QED) is 0.405. The molecule has 204 valence electrons. The van der Waals surface area contributed by atoms with Gasteiger partial charge in [-0.1, -0.05) is 71.1 Å². The van der Waals surface area contributed by atoms with Crippen molar-refractivity contribution in [2.45, 2.75) is 141 Å². The highest BCUT2D eigenvalue weighted by Gasteiger charge is 2.54. The van der Waals surface area contributed by atoms with E-state index >= 15 is 0 Å². The highest BCUT2D eigenvalue weighted by Crippen LogP contribution is 2.60. The van der Waals surface area contributed by atoms with Crippen molar-refractivity contribution in [1.29, 1.82) is 0 Å². The van der Waals surface area contributed by atoms with E-state index in [4.69, 9.17) is 0 Å². The van der Waals surface area contributed by atoms with Crippen LogP contribution >= 0.6 is 0 Å². The van der Waals surface area contributed by atoms with Crippen LogP contribution in [0.5, 0.6) is 0 Å². The lowest BCUT2D eigenvalue weighted by Gasteiger charge is -2.58. The molecule has 1 N–H and O–H groups in total. The minimum atomic E-state index is 0.0273. The highest BCUT2D eigenvalue weighted by atomic mass is 16.3. The van der Waals surface area contributed by atoms with Gasteiger partial charge >= 0.3 is 0 Å². The fourth-order valence-corrected chi connectivity index (χ4v) is 13.2. The van der Waals surface area contributed by atoms with Gasteiger partial charge in [-0.25, -0.2) is 0 Å². The molecule has 7 fully saturated rings. The molecule has 7 saturated carbocycles. The molecule has 0 radical (unpaired) electrons. The van der Waals surface area contributed by atoms with E-state index in [0.717, 1.165) is 65.1 Å². The third-order valence-corrected chi connectivity index (χ3v) is 14.7. The summed E-state index contributed by atoms with van der Waals surface area (Å²) in [7, 11) is 0. The van der Waals surface area contributed by atoms with Crippen molar-refractivity contribution in [3.63, 3.8) is 0 Å². The van der Waals surface area contributed by atoms with Crippen molar-refractivity contribution in [1.82, 2.24) is 0 Å². The summed E-state index contributed by atoms with van der Waals surface area (Å²) in [4.78, 5) is 0. The van der Waals surface area contributed by atoms with Crippen LogP contribution in [0.3, 0.4) is 0 Å². The Balaban J connectivity index is 1.03. The number of aliphatic hydroxyl groups is 1. The molecule has 1 heteroatoms. The number of hydrogen-bond acceptors (Lipinski definition) is 1. The van der Waals surface area contributed by atoms with E-state index in [1.54, 1.807) is 19.3 Å². The minimum absolute atomic E-state index is 0.0273. The molecule has 0 spiro atoms. The van der Waals surface area contributed by atoms with Crippen molar-refractivity contribution < 1.29 is 5.11 Å². The molecule has 0 bridgehead atoms. The second-order valence-corrected chi connectivity index (χ2v) is 15.8. The van der Waals surface area contributed by atoms with Gasteiger partial charge < -0.3 is 5.11 Å². The fraction of sp³-hybridized carbons (Fsp3) is 1.00. The maximum absolute atomic E-state index is 11.9. The number of hydrogen-bond donors (Lipinski definition) is 1. The molecule has 1 nitrogen and oxygen atoms in total. The maximum atomic E-state index is 11.9. The lowest BCUT2D eigenvalue weighted by Crippen LogP contribution is -2.54. The molecule has 13 unspecified atom stereocenters. The van der Waals surface area contributed by atoms with Gasteiger partial charge in [0.2, 0.25) is 0 Å². The Labute approximate surface area is 223 Å². The van der Waals surface area contributed by atoms with Crippen LogP contribution in [0.2, 0.25) is 0 Å². The van der Waals surface area contributed by atoms with Crippen molar-refractivity contribution in [2.75, 3.05) is 0 Å². The third-order valence-electron chi connectivity index (χ3n) is 14.7. The third kappa shape index (κ3) is 4.36. The van der Waals surface area contributed by atoms with Gasteiger partial charge in [0.1, 0.15) is 0 Å². The van der Waals surface area contributed by atoms with Crippen LogP contribution in [0.4, 0.5) is 0 Å². The summed E-state index contributed by atoms with van der Waals surface area (Å²) in [5.74, 6) is 12.0. The van der Waals surface area contributed by atoms with Gasteiger partial charge in [0.05, 0.1) is 6.10 Å². The topological polar surface area (TPSA) is 20.2 Å². The predicted octanol–water partition coefficient (Wildman–Crippen LogP) is 9.28. The number of rotatable bonds is 2. The van der Waals surface area contributed by atoms with Crippen LogP contribution in [0.25, 0.3) is 0 Å². The predicted molar refractivity (Wildman–Crippen MR) is 149 cm³/mol. The first kappa shape index (κ1) is 25.0. The molecule has 0 aromatic heterocycles. The normalized spacial score (nSPS) is 55.5. The Morgan fingerprint density at radius 3 is 1.42 bits per heavy atom. The number of aliphatic hydroxyl groups excluding tert-OH is 1. The lowest BCUT2D eigenvalue weighted by atomic mass is 9.48. The first-order chi connectivity index (χ1) is 17.7. The molecule has 7 aliphatic carbocycles. The first-order valence-electron chi connectivity index (χ1n) is 17.4. The largest absolute Gasteiger partial charge is 0.393 e. The van der Waals surface area contributed by atoms with Gasteiger partial charge in [0, 0.05) is 0 Å². The Kier molecular flexibility index (Phi) is 7.28. The molecule has 0 amide bonds. The molecule has 0 aromatic carbocycles. The van der Waals surface area contributed by atoms with Gasteiger partial charge in [-0.15, -0.1) is 0 Å². The molecule has 7 rings (SSSR count). The summed E-state index contributed by atoms with van der Waals surface area (Å²) in [6.07, 6.45) is 30.0. The average molecular weight is 495 g/mol. The molecule has 0 saturated heterocycles. The first-order valence-corrected chi connectivity index (χ1v) is 17.4. The fourth-order valence-electron chi connectivity index (χ4n) is 13.2. The monoisotopic (exact) mass is 494 g/mol. The Morgan fingerprint density at radius 2 is 0.806 bits per heavy atom. The van der Waals surface area contributed by atoms with E-state index in [1.807, 2.05) is 0 Å². The molecule has 0 aliphatic heterocycles. The lowest BCUT2D eigenvalue weighted by molar-refractivity contribution is -0.134. The molecule has 14 atom stereocenters. The summed E-state index contributed by atoms with van der Waals surface area (Å²) in [6.45, 7) is 2.66. The van der Waals surface area contributed by atoms with Crippen LogP contribution in [0.15, 0.2) is 0 Å². The van der Waals surface area contributed by atoms with Crippen molar-refractivity contribution in [3.8, 4) is 0 Å². The van der Waals surface area contributed by atoms with E-state index in [9.17, 15) is 5.11 Å². The van der Waals surface area contributed by atoms with E-state index in [-0.39, 0.29) is 6.10 Å². The van der Waals surface area contributed by atoms with Crippen molar-refractivity contribution in [2.24, 2.45) is 76.9 Å². The van der Waals surface area contributed by atoms with Crippen molar-refractivity contribution in [3.05, 3.63) is 0 Å². The smallest absolute Gasteiger partial charge is 0.0602 e. The summed E-state index contributed by atoms with van der Waals surface area (Å²) < 4.78 is 0. The van der Waals surface area contributed by atoms with Gasteiger partial charge in [0.25, 0.3) is 0 Å². The summed E-state index contributed by atoms with van der Waals surface area (Å²) >= 11 is 0. The SMILES string of the molecule is CC1C2CCC(C3CCCC4CCCCC43)CC2C(O)C2CCC(C3CCCC4CCCCC43)C[C@H]12. The molecule has 0 heterocycles. The van der Waals surface area contributed by atoms with Crippen LogP contribution in [0, 0.1) is 76.9 Å². The molecular formula is C35H58O. The van der Waals surface area contributed by atoms with Gasteiger partial charge in [0.15, 0.2) is 0 Å². The molecule has 0 aromatic rings. The summed E-state index contributed by atoms with van der Waals surface area (Å²) in [6, 6.07) is 0. The summed E-state index contributed by atoms with van der Waals surface area (Å²) in [5.41, 5.74) is 0. The van der Waals surface area contributed by atoms with Gasteiger partial charge in [-0.05, 0) is 141 Å². The maximum Gasteiger partial charge on any atom is 0.0602 e. The van der Waals surface area contributed by atoms with Crippen LogP contribution < -0.4 is 0 Å². The van der Waals surface area contributed by atoms with Crippen LogP contribution in [-0.4, -0.2) is 11.2 Å². The van der Waals surface area contributed by atoms with Gasteiger partial charge in [-0.2, -0.15) is 0 Å². The number of fused-ring (bicyclic) bond motifs is 4. The second-order valence-electron chi connectivity index (χ2n) is 15.8. The van der Waals surface area contributed by atoms with Crippen LogP contribution in [0.1, 0.15) is 135 Å². The zero-order valence-electron chi connectivity index (χ0n) is 23.7. The Morgan fingerprint density at radius 1 is 0.361 bits per heavy atom. The van der Waals surface area contributed by atoms with Crippen LogP contribution in [-0.2, 0) is 0 Å². The highest BCUT2D eigenvalue weighted by molar-refractivity contribution is 5.03. The van der Waals surface area contributed by atoms with E-state index in [0.29, 0.717) is 11.8 Å². The van der Waals surface area contributed by atoms with E-state index in [1.165, 1.54) is 109 Å². The molecular weight excluding hydrogens is 436 g/mol. The zero-order valence-corrected chi connectivity index (χ0v) is 23.7. The Hall–Kier alpha value is -0.0400.